The first-order chi connectivity index (χ1) is 9.54. The fraction of sp³-hybridized carbons (Fsp3) is 0.143. The molecule has 1 nitrogen and oxygen atoms in total. The molecule has 2 aromatic rings. The lowest BCUT2D eigenvalue weighted by Crippen LogP contribution is -2.11. The monoisotopic (exact) mass is 363 g/mol. The maximum Gasteiger partial charge on any atom is 0.257 e. The van der Waals surface area contributed by atoms with Crippen LogP contribution in [0.2, 0.25) is 0 Å². The minimum absolute atomic E-state index is 0.809. The van der Waals surface area contributed by atoms with Crippen LogP contribution in [-0.2, 0) is 5.75 Å². The molecular formula is C14H12Cl3NS2. The lowest BCUT2D eigenvalue weighted by molar-refractivity contribution is 1.41. The number of nitrogens with zero attached hydrogens (tertiary/aromatic N) is 1. The zero-order valence-electron chi connectivity index (χ0n) is 10.4. The first kappa shape index (κ1) is 16.2. The van der Waals surface area contributed by atoms with Gasteiger partial charge >= 0.3 is 0 Å². The van der Waals surface area contributed by atoms with Crippen LogP contribution < -0.4 is 3.71 Å². The summed E-state index contributed by atoms with van der Waals surface area (Å²) in [6.45, 7) is 0. The minimum Gasteiger partial charge on any atom is -0.254 e. The van der Waals surface area contributed by atoms with Gasteiger partial charge in [-0.25, -0.2) is 0 Å². The lowest BCUT2D eigenvalue weighted by Gasteiger charge is -2.25. The maximum absolute atomic E-state index is 5.90. The zero-order chi connectivity index (χ0) is 14.4. The van der Waals surface area contributed by atoms with E-state index >= 15 is 0 Å². The minimum atomic E-state index is -1.39. The van der Waals surface area contributed by atoms with Gasteiger partial charge in [-0.05, 0) is 29.6 Å². The van der Waals surface area contributed by atoms with Crippen LogP contribution in [0.4, 0.5) is 5.69 Å². The van der Waals surface area contributed by atoms with Crippen LogP contribution >= 0.6 is 58.7 Å². The van der Waals surface area contributed by atoms with Crippen LogP contribution in [0.3, 0.4) is 0 Å². The Kier molecular flexibility index (Phi) is 6.24. The summed E-state index contributed by atoms with van der Waals surface area (Å²) in [4.78, 5) is 0. The van der Waals surface area contributed by atoms with Gasteiger partial charge < -0.3 is 0 Å². The van der Waals surface area contributed by atoms with E-state index in [4.69, 9.17) is 34.8 Å². The van der Waals surface area contributed by atoms with Crippen molar-refractivity contribution in [3.63, 3.8) is 0 Å². The number of rotatable bonds is 5. The molecule has 0 spiro atoms. The first-order valence-electron chi connectivity index (χ1n) is 5.82. The molecule has 0 aliphatic rings. The molecule has 0 saturated carbocycles. The smallest absolute Gasteiger partial charge is 0.254 e. The predicted molar refractivity (Wildman–Crippen MR) is 94.5 cm³/mol. The average molecular weight is 365 g/mol. The summed E-state index contributed by atoms with van der Waals surface area (Å²) in [6.07, 6.45) is 0. The van der Waals surface area contributed by atoms with Crippen LogP contribution in [0.15, 0.2) is 60.7 Å². The molecule has 0 radical (unpaired) electrons. The quantitative estimate of drug-likeness (QED) is 0.451. The first-order valence-corrected chi connectivity index (χ1v) is 8.67. The molecule has 0 amide bonds. The molecule has 106 valence electrons. The molecule has 0 heterocycles. The number of anilines is 1. The van der Waals surface area contributed by atoms with E-state index in [0.717, 1.165) is 11.4 Å². The standard InChI is InChI=1S/C14H12Cl3NS2/c15-14(16,17)20-18(13-9-5-2-6-10-13)19-11-12-7-3-1-4-8-12/h1-10H,11H2. The van der Waals surface area contributed by atoms with Crippen molar-refractivity contribution in [3.8, 4) is 0 Å². The SMILES string of the molecule is ClC(Cl)(Cl)SN(SCc1ccccc1)c1ccccc1. The third-order valence-corrected chi connectivity index (χ3v) is 5.00. The molecule has 0 aliphatic carbocycles. The Hall–Kier alpha value is -0.190. The van der Waals surface area contributed by atoms with Gasteiger partial charge in [0, 0.05) is 17.7 Å². The van der Waals surface area contributed by atoms with E-state index in [-0.39, 0.29) is 0 Å². The van der Waals surface area contributed by atoms with Crippen molar-refractivity contribution in [3.05, 3.63) is 66.2 Å². The zero-order valence-corrected chi connectivity index (χ0v) is 14.3. The molecule has 0 atom stereocenters. The van der Waals surface area contributed by atoms with Crippen molar-refractivity contribution in [1.82, 2.24) is 0 Å². The van der Waals surface area contributed by atoms with Gasteiger partial charge in [0.25, 0.3) is 3.12 Å². The number of alkyl halides is 3. The van der Waals surface area contributed by atoms with Gasteiger partial charge in [0.15, 0.2) is 0 Å². The van der Waals surface area contributed by atoms with Crippen molar-refractivity contribution >= 4 is 64.4 Å². The van der Waals surface area contributed by atoms with Crippen LogP contribution in [0, 0.1) is 0 Å². The highest BCUT2D eigenvalue weighted by Gasteiger charge is 2.26. The third kappa shape index (κ3) is 5.66. The Labute approximate surface area is 142 Å². The summed E-state index contributed by atoms with van der Waals surface area (Å²) in [5.41, 5.74) is 2.22. The average Bonchev–Trinajstić information content (AvgIpc) is 2.44. The molecular weight excluding hydrogens is 353 g/mol. The molecule has 2 rings (SSSR count). The third-order valence-electron chi connectivity index (χ3n) is 2.34. The maximum atomic E-state index is 5.90. The molecule has 6 heteroatoms. The van der Waals surface area contributed by atoms with Crippen molar-refractivity contribution in [2.75, 3.05) is 3.71 Å². The summed E-state index contributed by atoms with van der Waals surface area (Å²) >= 11 is 20.5. The molecule has 0 fully saturated rings. The topological polar surface area (TPSA) is 3.24 Å². The van der Waals surface area contributed by atoms with E-state index < -0.39 is 3.12 Å². The van der Waals surface area contributed by atoms with Gasteiger partial charge in [0.2, 0.25) is 0 Å². The summed E-state index contributed by atoms with van der Waals surface area (Å²) in [5, 5.41) is 0. The second-order valence-electron chi connectivity index (χ2n) is 3.89. The largest absolute Gasteiger partial charge is 0.257 e. The van der Waals surface area contributed by atoms with Gasteiger partial charge in [-0.1, -0.05) is 83.3 Å². The van der Waals surface area contributed by atoms with E-state index in [9.17, 15) is 0 Å². The number of halogens is 3. The van der Waals surface area contributed by atoms with Crippen molar-refractivity contribution < 1.29 is 0 Å². The van der Waals surface area contributed by atoms with Crippen molar-refractivity contribution in [2.45, 2.75) is 8.88 Å². The molecule has 2 aromatic carbocycles. The van der Waals surface area contributed by atoms with Crippen molar-refractivity contribution in [2.24, 2.45) is 0 Å². The van der Waals surface area contributed by atoms with E-state index in [1.807, 2.05) is 52.2 Å². The van der Waals surface area contributed by atoms with Gasteiger partial charge in [-0.3, -0.25) is 3.71 Å². The highest BCUT2D eigenvalue weighted by molar-refractivity contribution is 8.20. The summed E-state index contributed by atoms with van der Waals surface area (Å²) in [7, 11) is 0. The fourth-order valence-electron chi connectivity index (χ4n) is 1.50. The Balaban J connectivity index is 2.07. The van der Waals surface area contributed by atoms with Crippen LogP contribution in [0.1, 0.15) is 5.56 Å². The number of benzene rings is 2. The van der Waals surface area contributed by atoms with Gasteiger partial charge in [0.05, 0.1) is 5.69 Å². The molecule has 0 aromatic heterocycles. The number of hydrogen-bond donors (Lipinski definition) is 0. The number of hydrogen-bond acceptors (Lipinski definition) is 3. The normalized spacial score (nSPS) is 11.3. The second-order valence-corrected chi connectivity index (χ2v) is 9.15. The molecule has 0 saturated heterocycles. The van der Waals surface area contributed by atoms with Gasteiger partial charge in [0.1, 0.15) is 0 Å². The van der Waals surface area contributed by atoms with E-state index in [1.165, 1.54) is 17.5 Å². The van der Waals surface area contributed by atoms with Gasteiger partial charge in [-0.2, -0.15) is 0 Å². The predicted octanol–water partition coefficient (Wildman–Crippen LogP) is 6.32. The Morgan fingerprint density at radius 2 is 1.40 bits per heavy atom. The summed E-state index contributed by atoms with van der Waals surface area (Å²) < 4.78 is 0.541. The highest BCUT2D eigenvalue weighted by Crippen LogP contribution is 2.46. The van der Waals surface area contributed by atoms with Crippen LogP contribution in [-0.4, -0.2) is 3.12 Å². The highest BCUT2D eigenvalue weighted by atomic mass is 35.6. The molecule has 0 N–H and O–H groups in total. The number of para-hydroxylation sites is 1. The van der Waals surface area contributed by atoms with E-state index in [2.05, 4.69) is 12.1 Å². The molecule has 0 bridgehead atoms. The van der Waals surface area contributed by atoms with Crippen molar-refractivity contribution in [1.29, 1.82) is 0 Å². The summed E-state index contributed by atoms with van der Waals surface area (Å²) in [6, 6.07) is 20.1. The van der Waals surface area contributed by atoms with Crippen LogP contribution in [0.25, 0.3) is 0 Å². The molecule has 20 heavy (non-hydrogen) atoms. The second kappa shape index (κ2) is 7.71. The lowest BCUT2D eigenvalue weighted by atomic mass is 10.2. The Bertz CT molecular complexity index is 517. The fourth-order valence-corrected chi connectivity index (χ4v) is 4.34. The van der Waals surface area contributed by atoms with E-state index in [0.29, 0.717) is 0 Å². The Morgan fingerprint density at radius 1 is 0.850 bits per heavy atom. The van der Waals surface area contributed by atoms with Crippen LogP contribution in [0.5, 0.6) is 0 Å². The molecule has 0 aliphatic heterocycles. The molecule has 0 unspecified atom stereocenters. The van der Waals surface area contributed by atoms with Gasteiger partial charge in [-0.15, -0.1) is 0 Å². The van der Waals surface area contributed by atoms with E-state index in [1.54, 1.807) is 11.9 Å². The Morgan fingerprint density at radius 3 is 1.95 bits per heavy atom. The summed E-state index contributed by atoms with van der Waals surface area (Å²) in [5.74, 6) is 0.809.